The summed E-state index contributed by atoms with van der Waals surface area (Å²) in [5.41, 5.74) is -3.91. The molecule has 1 unspecified atom stereocenters. The standard InChI is InChI=1S/C35H55F7NO5P/c1-23(10-9-17-33(36,34(37,38)39)35(40,41)42)27-13-14-28-26-12-11-24-22-25(15-18-31(24,2)29(26)16-19-32(27,28)3)48-30(44)43-20-7-5-6-8-21-47-49(4,45)46/h11,23,25-29H,5-10,12-22H2,1-4H3,(H,43,44)(H,45,46)/t23-,25+,26+,27-,28+,29+,31+,32-/m1/s1. The van der Waals surface area contributed by atoms with Gasteiger partial charge in [-0.15, -0.1) is 0 Å². The molecule has 0 heterocycles. The molecule has 3 saturated carbocycles. The Balaban J connectivity index is 1.26. The molecule has 0 aromatic heterocycles. The van der Waals surface area contributed by atoms with E-state index >= 15 is 0 Å². The quantitative estimate of drug-likeness (QED) is 0.0804. The number of alkyl halides is 7. The van der Waals surface area contributed by atoms with Crippen molar-refractivity contribution in [2.45, 2.75) is 141 Å². The summed E-state index contributed by atoms with van der Waals surface area (Å²) >= 11 is 0. The summed E-state index contributed by atoms with van der Waals surface area (Å²) in [5, 5.41) is 2.83. The van der Waals surface area contributed by atoms with Crippen LogP contribution in [-0.2, 0) is 13.8 Å². The van der Waals surface area contributed by atoms with Crippen molar-refractivity contribution in [2.75, 3.05) is 19.8 Å². The van der Waals surface area contributed by atoms with Gasteiger partial charge in [0, 0.05) is 19.6 Å². The van der Waals surface area contributed by atoms with Crippen LogP contribution in [0.3, 0.4) is 0 Å². The highest BCUT2D eigenvalue weighted by atomic mass is 31.2. The molecule has 4 aliphatic rings. The maximum Gasteiger partial charge on any atom is 0.431 e. The third-order valence-electron chi connectivity index (χ3n) is 12.8. The van der Waals surface area contributed by atoms with E-state index in [-0.39, 0.29) is 41.8 Å². The van der Waals surface area contributed by atoms with Crippen molar-refractivity contribution in [3.8, 4) is 0 Å². The zero-order chi connectivity index (χ0) is 36.5. The largest absolute Gasteiger partial charge is 0.446 e. The Morgan fingerprint density at radius 2 is 1.65 bits per heavy atom. The van der Waals surface area contributed by atoms with E-state index in [0.29, 0.717) is 37.1 Å². The molecular weight excluding hydrogens is 678 g/mol. The molecule has 0 aliphatic heterocycles. The first-order valence-corrected chi connectivity index (χ1v) is 20.1. The number of hydrogen-bond acceptors (Lipinski definition) is 4. The SMILES string of the molecule is C[C@H](CCCC(F)(C(F)(F)F)C(F)(F)F)[C@H]1CC[C@H]2[C@@H]3CC=C4C[C@@H](OC(=O)NCCCCCCOP(C)(=O)O)CC[C@]4(C)[C@H]3CC[C@]12C. The lowest BCUT2D eigenvalue weighted by Gasteiger charge is -2.58. The van der Waals surface area contributed by atoms with Crippen molar-refractivity contribution in [3.05, 3.63) is 11.6 Å². The summed E-state index contributed by atoms with van der Waals surface area (Å²) < 4.78 is 115. The average Bonchev–Trinajstić information content (AvgIpc) is 3.34. The highest BCUT2D eigenvalue weighted by Crippen LogP contribution is 2.67. The molecular formula is C35H55F7NO5P. The van der Waals surface area contributed by atoms with Gasteiger partial charge in [-0.1, -0.05) is 51.7 Å². The summed E-state index contributed by atoms with van der Waals surface area (Å²) in [4.78, 5) is 21.7. The number of unbranched alkanes of at least 4 members (excludes halogenated alkanes) is 3. The summed E-state index contributed by atoms with van der Waals surface area (Å²) in [6, 6.07) is 0. The topological polar surface area (TPSA) is 84.9 Å². The number of nitrogens with one attached hydrogen (secondary N) is 1. The van der Waals surface area contributed by atoms with E-state index in [1.165, 1.54) is 5.57 Å². The molecule has 2 N–H and O–H groups in total. The zero-order valence-electron chi connectivity index (χ0n) is 29.2. The van der Waals surface area contributed by atoms with Crippen LogP contribution in [0.4, 0.5) is 35.5 Å². The first-order chi connectivity index (χ1) is 22.6. The summed E-state index contributed by atoms with van der Waals surface area (Å²) in [6.07, 6.45) is -2.01. The number of hydrogen-bond donors (Lipinski definition) is 2. The van der Waals surface area contributed by atoms with Crippen molar-refractivity contribution < 1.29 is 54.2 Å². The lowest BCUT2D eigenvalue weighted by molar-refractivity contribution is -0.343. The van der Waals surface area contributed by atoms with Crippen LogP contribution in [0.25, 0.3) is 0 Å². The predicted molar refractivity (Wildman–Crippen MR) is 173 cm³/mol. The Kier molecular flexibility index (Phi) is 12.7. The lowest BCUT2D eigenvalue weighted by atomic mass is 9.47. The number of amides is 1. The van der Waals surface area contributed by atoms with Crippen molar-refractivity contribution >= 4 is 13.7 Å². The highest BCUT2D eigenvalue weighted by Gasteiger charge is 2.71. The Bertz CT molecular complexity index is 1210. The number of fused-ring (bicyclic) bond motifs is 5. The van der Waals surface area contributed by atoms with Crippen molar-refractivity contribution in [3.63, 3.8) is 0 Å². The summed E-state index contributed by atoms with van der Waals surface area (Å²) in [6.45, 7) is 8.37. The van der Waals surface area contributed by atoms with Crippen molar-refractivity contribution in [1.82, 2.24) is 5.32 Å². The first-order valence-electron chi connectivity index (χ1n) is 18.0. The van der Waals surface area contributed by atoms with Gasteiger partial charge in [0.2, 0.25) is 0 Å². The van der Waals surface area contributed by atoms with Crippen LogP contribution in [-0.4, -0.2) is 54.9 Å². The fraction of sp³-hybridized carbons (Fsp3) is 0.914. The maximum absolute atomic E-state index is 14.3. The average molecular weight is 734 g/mol. The molecule has 6 nitrogen and oxygen atoms in total. The van der Waals surface area contributed by atoms with Gasteiger partial charge in [-0.3, -0.25) is 4.57 Å². The first kappa shape index (κ1) is 40.4. The zero-order valence-corrected chi connectivity index (χ0v) is 30.1. The molecule has 4 aliphatic carbocycles. The molecule has 1 amide bonds. The van der Waals surface area contributed by atoms with Gasteiger partial charge in [-0.25, -0.2) is 9.18 Å². The van der Waals surface area contributed by atoms with Gasteiger partial charge in [0.15, 0.2) is 0 Å². The van der Waals surface area contributed by atoms with E-state index in [9.17, 15) is 40.1 Å². The Morgan fingerprint density at radius 3 is 2.31 bits per heavy atom. The number of carbonyl (C=O) groups excluding carboxylic acids is 1. The minimum absolute atomic E-state index is 0.00477. The van der Waals surface area contributed by atoms with E-state index in [4.69, 9.17) is 14.2 Å². The second kappa shape index (κ2) is 15.3. The van der Waals surface area contributed by atoms with Crippen LogP contribution in [0.15, 0.2) is 11.6 Å². The predicted octanol–water partition coefficient (Wildman–Crippen LogP) is 10.7. The summed E-state index contributed by atoms with van der Waals surface area (Å²) in [7, 11) is -3.44. The van der Waals surface area contributed by atoms with Crippen LogP contribution in [0.2, 0.25) is 0 Å². The third kappa shape index (κ3) is 9.01. The second-order valence-corrected chi connectivity index (χ2v) is 17.8. The third-order valence-corrected chi connectivity index (χ3v) is 13.5. The minimum Gasteiger partial charge on any atom is -0.446 e. The number of halogens is 7. The maximum atomic E-state index is 14.3. The van der Waals surface area contributed by atoms with Crippen LogP contribution < -0.4 is 5.32 Å². The van der Waals surface area contributed by atoms with Crippen LogP contribution in [0.5, 0.6) is 0 Å². The number of allylic oxidation sites excluding steroid dienone is 1. The van der Waals surface area contributed by atoms with E-state index < -0.39 is 44.6 Å². The molecule has 0 radical (unpaired) electrons. The Labute approximate surface area is 286 Å². The van der Waals surface area contributed by atoms with E-state index in [1.54, 1.807) is 0 Å². The highest BCUT2D eigenvalue weighted by molar-refractivity contribution is 7.51. The Morgan fingerprint density at radius 1 is 0.980 bits per heavy atom. The molecule has 3 fully saturated rings. The van der Waals surface area contributed by atoms with Crippen LogP contribution in [0, 0.1) is 40.4 Å². The molecule has 0 saturated heterocycles. The molecule has 0 aromatic rings. The van der Waals surface area contributed by atoms with E-state index in [0.717, 1.165) is 70.9 Å². The van der Waals surface area contributed by atoms with Gasteiger partial charge in [0.05, 0.1) is 6.61 Å². The van der Waals surface area contributed by atoms with Crippen LogP contribution in [0.1, 0.15) is 117 Å². The van der Waals surface area contributed by atoms with Crippen molar-refractivity contribution in [1.29, 1.82) is 0 Å². The lowest BCUT2D eigenvalue weighted by Crippen LogP contribution is -2.53. The number of carbonyl (C=O) groups is 1. The number of ether oxygens (including phenoxy) is 1. The van der Waals surface area contributed by atoms with Gasteiger partial charge < -0.3 is 19.5 Å². The molecule has 0 spiro atoms. The second-order valence-electron chi connectivity index (χ2n) is 15.9. The molecule has 284 valence electrons. The van der Waals surface area contributed by atoms with E-state index in [2.05, 4.69) is 25.2 Å². The van der Waals surface area contributed by atoms with Gasteiger partial charge in [-0.05, 0) is 111 Å². The molecule has 14 heteroatoms. The van der Waals surface area contributed by atoms with E-state index in [1.807, 2.05) is 6.92 Å². The van der Waals surface area contributed by atoms with Gasteiger partial charge >= 0.3 is 26.0 Å². The molecule has 0 aromatic carbocycles. The smallest absolute Gasteiger partial charge is 0.431 e. The Hall–Kier alpha value is -1.33. The normalized spacial score (nSPS) is 33.8. The van der Waals surface area contributed by atoms with Crippen molar-refractivity contribution in [2.24, 2.45) is 40.4 Å². The number of rotatable bonds is 14. The van der Waals surface area contributed by atoms with Crippen LogP contribution >= 0.6 is 7.60 Å². The van der Waals surface area contributed by atoms with Gasteiger partial charge in [0.1, 0.15) is 6.10 Å². The fourth-order valence-corrected chi connectivity index (χ4v) is 10.7. The fourth-order valence-electron chi connectivity index (χ4n) is 10.2. The molecule has 9 atom stereocenters. The minimum atomic E-state index is -6.00. The molecule has 49 heavy (non-hydrogen) atoms. The monoisotopic (exact) mass is 733 g/mol. The van der Waals surface area contributed by atoms with Gasteiger partial charge in [-0.2, -0.15) is 26.3 Å². The molecule has 4 rings (SSSR count). The van der Waals surface area contributed by atoms with Gasteiger partial charge in [0.25, 0.3) is 5.67 Å². The number of alkyl carbamates (subject to hydrolysis) is 1. The molecule has 0 bridgehead atoms. The summed E-state index contributed by atoms with van der Waals surface area (Å²) in [5.74, 6) is 1.38.